The maximum atomic E-state index is 12.4. The Morgan fingerprint density at radius 1 is 1.05 bits per heavy atom. The van der Waals surface area contributed by atoms with Crippen LogP contribution in [0.25, 0.3) is 0 Å². The highest BCUT2D eigenvalue weighted by atomic mass is 79.9. The molecule has 0 fully saturated rings. The Morgan fingerprint density at radius 2 is 1.65 bits per heavy atom. The Hall–Kier alpha value is -0.560. The van der Waals surface area contributed by atoms with Gasteiger partial charge in [0.05, 0.1) is 15.6 Å². The fraction of sp³-hybridized carbons (Fsp3) is 0.0769. The molecule has 2 aromatic carbocycles. The largest absolute Gasteiger partial charge is 0.278 e. The van der Waals surface area contributed by atoms with Crippen molar-refractivity contribution < 1.29 is 8.42 Å². The van der Waals surface area contributed by atoms with E-state index < -0.39 is 10.0 Å². The monoisotopic (exact) mass is 437 g/mol. The van der Waals surface area contributed by atoms with Gasteiger partial charge in [0.2, 0.25) is 0 Å². The summed E-state index contributed by atoms with van der Waals surface area (Å²) in [6.07, 6.45) is 0. The van der Waals surface area contributed by atoms with Gasteiger partial charge in [-0.15, -0.1) is 0 Å². The molecule has 0 spiro atoms. The molecule has 0 saturated heterocycles. The highest BCUT2D eigenvalue weighted by molar-refractivity contribution is 9.10. The summed E-state index contributed by atoms with van der Waals surface area (Å²) in [5.74, 6) is 0. The summed E-state index contributed by atoms with van der Waals surface area (Å²) in [7, 11) is -3.69. The molecular formula is C13H10Br2ClNO2S. The van der Waals surface area contributed by atoms with Gasteiger partial charge < -0.3 is 0 Å². The summed E-state index contributed by atoms with van der Waals surface area (Å²) in [5.41, 5.74) is 0.993. The number of anilines is 1. The standard InChI is InChI=1S/C13H10Br2ClNO2S/c1-8-2-3-10(15)7-13(8)20(18,19)17-12-6-9(14)4-5-11(12)16/h2-7,17H,1H3. The first-order chi connectivity index (χ1) is 9.29. The van der Waals surface area contributed by atoms with Gasteiger partial charge in [-0.25, -0.2) is 8.42 Å². The predicted octanol–water partition coefficient (Wildman–Crippen LogP) is 4.97. The van der Waals surface area contributed by atoms with E-state index in [2.05, 4.69) is 36.6 Å². The summed E-state index contributed by atoms with van der Waals surface area (Å²) in [5, 5.41) is 0.337. The zero-order valence-electron chi connectivity index (χ0n) is 10.3. The van der Waals surface area contributed by atoms with Gasteiger partial charge in [0.1, 0.15) is 0 Å². The fourth-order valence-corrected chi connectivity index (χ4v) is 4.08. The van der Waals surface area contributed by atoms with Crippen LogP contribution in [0, 0.1) is 6.92 Å². The van der Waals surface area contributed by atoms with Crippen LogP contribution in [0.3, 0.4) is 0 Å². The lowest BCUT2D eigenvalue weighted by atomic mass is 10.2. The van der Waals surface area contributed by atoms with E-state index in [1.807, 2.05) is 0 Å². The minimum atomic E-state index is -3.69. The number of sulfonamides is 1. The van der Waals surface area contributed by atoms with Crippen LogP contribution in [0.1, 0.15) is 5.56 Å². The van der Waals surface area contributed by atoms with E-state index in [-0.39, 0.29) is 4.90 Å². The summed E-state index contributed by atoms with van der Waals surface area (Å²) in [4.78, 5) is 0.211. The average molecular weight is 440 g/mol. The number of hydrogen-bond acceptors (Lipinski definition) is 2. The molecule has 20 heavy (non-hydrogen) atoms. The van der Waals surface area contributed by atoms with E-state index in [0.29, 0.717) is 20.7 Å². The smallest absolute Gasteiger partial charge is 0.262 e. The minimum Gasteiger partial charge on any atom is -0.278 e. The Labute approximate surface area is 139 Å². The number of benzene rings is 2. The summed E-state index contributed by atoms with van der Waals surface area (Å²) >= 11 is 12.6. The number of halogens is 3. The third kappa shape index (κ3) is 3.55. The topological polar surface area (TPSA) is 46.2 Å². The van der Waals surface area contributed by atoms with Crippen LogP contribution in [0.15, 0.2) is 50.2 Å². The second kappa shape index (κ2) is 6.05. The molecule has 106 valence electrons. The summed E-state index contributed by atoms with van der Waals surface area (Å²) in [6, 6.07) is 10.1. The number of rotatable bonds is 3. The first-order valence-electron chi connectivity index (χ1n) is 5.53. The van der Waals surface area contributed by atoms with Gasteiger partial charge in [0, 0.05) is 8.95 Å². The van der Waals surface area contributed by atoms with Crippen LogP contribution in [0.4, 0.5) is 5.69 Å². The third-order valence-electron chi connectivity index (χ3n) is 2.61. The molecule has 0 unspecified atom stereocenters. The molecule has 0 aliphatic rings. The van der Waals surface area contributed by atoms with Crippen molar-refractivity contribution >= 4 is 59.2 Å². The molecule has 2 aromatic rings. The van der Waals surface area contributed by atoms with Crippen LogP contribution >= 0.6 is 43.5 Å². The lowest BCUT2D eigenvalue weighted by molar-refractivity contribution is 0.600. The predicted molar refractivity (Wildman–Crippen MR) is 88.8 cm³/mol. The van der Waals surface area contributed by atoms with E-state index >= 15 is 0 Å². The molecule has 0 saturated carbocycles. The normalized spacial score (nSPS) is 11.4. The van der Waals surface area contributed by atoms with Crippen LogP contribution in [0.5, 0.6) is 0 Å². The van der Waals surface area contributed by atoms with Crippen molar-refractivity contribution in [3.63, 3.8) is 0 Å². The van der Waals surface area contributed by atoms with Gasteiger partial charge in [0.25, 0.3) is 10.0 Å². The van der Waals surface area contributed by atoms with E-state index in [4.69, 9.17) is 11.6 Å². The van der Waals surface area contributed by atoms with E-state index in [0.717, 1.165) is 4.47 Å². The van der Waals surface area contributed by atoms with E-state index in [9.17, 15) is 8.42 Å². The molecule has 0 aliphatic carbocycles. The van der Waals surface area contributed by atoms with Crippen LogP contribution < -0.4 is 4.72 Å². The quantitative estimate of drug-likeness (QED) is 0.734. The lowest BCUT2D eigenvalue weighted by Gasteiger charge is -2.12. The van der Waals surface area contributed by atoms with E-state index in [1.54, 1.807) is 43.3 Å². The van der Waals surface area contributed by atoms with Crippen LogP contribution in [-0.4, -0.2) is 8.42 Å². The Bertz CT molecular complexity index is 763. The Balaban J connectivity index is 2.46. The molecule has 1 N–H and O–H groups in total. The first-order valence-corrected chi connectivity index (χ1v) is 8.98. The average Bonchev–Trinajstić information content (AvgIpc) is 2.36. The number of nitrogens with one attached hydrogen (secondary N) is 1. The molecule has 0 aliphatic heterocycles. The molecule has 0 radical (unpaired) electrons. The molecule has 0 heterocycles. The van der Waals surface area contributed by atoms with Gasteiger partial charge in [0.15, 0.2) is 0 Å². The Morgan fingerprint density at radius 3 is 2.35 bits per heavy atom. The second-order valence-corrected chi connectivity index (χ2v) is 8.03. The third-order valence-corrected chi connectivity index (χ3v) is 5.44. The zero-order valence-corrected chi connectivity index (χ0v) is 15.1. The molecule has 0 amide bonds. The van der Waals surface area contributed by atoms with Crippen molar-refractivity contribution in [3.05, 3.63) is 55.9 Å². The van der Waals surface area contributed by atoms with Crippen molar-refractivity contribution in [2.75, 3.05) is 4.72 Å². The van der Waals surface area contributed by atoms with E-state index in [1.165, 1.54) is 0 Å². The van der Waals surface area contributed by atoms with Crippen molar-refractivity contribution in [2.45, 2.75) is 11.8 Å². The molecule has 0 atom stereocenters. The van der Waals surface area contributed by atoms with Gasteiger partial charge in [-0.05, 0) is 42.8 Å². The van der Waals surface area contributed by atoms with Gasteiger partial charge in [-0.1, -0.05) is 49.5 Å². The maximum absolute atomic E-state index is 12.4. The molecule has 3 nitrogen and oxygen atoms in total. The molecule has 7 heteroatoms. The van der Waals surface area contributed by atoms with Crippen molar-refractivity contribution in [2.24, 2.45) is 0 Å². The van der Waals surface area contributed by atoms with Crippen LogP contribution in [-0.2, 0) is 10.0 Å². The summed E-state index contributed by atoms with van der Waals surface area (Å²) < 4.78 is 28.8. The second-order valence-electron chi connectivity index (χ2n) is 4.14. The first kappa shape index (κ1) is 15.8. The SMILES string of the molecule is Cc1ccc(Br)cc1S(=O)(=O)Nc1cc(Br)ccc1Cl. The van der Waals surface area contributed by atoms with Crippen molar-refractivity contribution in [1.82, 2.24) is 0 Å². The fourth-order valence-electron chi connectivity index (χ4n) is 1.64. The Kier molecular flexibility index (Phi) is 4.79. The molecule has 2 rings (SSSR count). The molecule has 0 bridgehead atoms. The minimum absolute atomic E-state index is 0.211. The molecular weight excluding hydrogens is 429 g/mol. The van der Waals surface area contributed by atoms with Crippen molar-refractivity contribution in [3.8, 4) is 0 Å². The highest BCUT2D eigenvalue weighted by Gasteiger charge is 2.18. The molecule has 0 aromatic heterocycles. The van der Waals surface area contributed by atoms with Crippen LogP contribution in [0.2, 0.25) is 5.02 Å². The van der Waals surface area contributed by atoms with Gasteiger partial charge in [-0.3, -0.25) is 4.72 Å². The number of aryl methyl sites for hydroxylation is 1. The zero-order chi connectivity index (χ0) is 14.9. The number of hydrogen-bond donors (Lipinski definition) is 1. The van der Waals surface area contributed by atoms with Crippen molar-refractivity contribution in [1.29, 1.82) is 0 Å². The summed E-state index contributed by atoms with van der Waals surface area (Å²) in [6.45, 7) is 1.74. The lowest BCUT2D eigenvalue weighted by Crippen LogP contribution is -2.14. The highest BCUT2D eigenvalue weighted by Crippen LogP contribution is 2.29. The maximum Gasteiger partial charge on any atom is 0.262 e. The van der Waals surface area contributed by atoms with Gasteiger partial charge >= 0.3 is 0 Å². The van der Waals surface area contributed by atoms with Gasteiger partial charge in [-0.2, -0.15) is 0 Å².